The Morgan fingerprint density at radius 3 is 2.32 bits per heavy atom. The van der Waals surface area contributed by atoms with Crippen LogP contribution in [-0.2, 0) is 6.18 Å². The second-order valence-electron chi connectivity index (χ2n) is 6.62. The summed E-state index contributed by atoms with van der Waals surface area (Å²) < 4.78 is 44.1. The Bertz CT molecular complexity index is 878. The summed E-state index contributed by atoms with van der Waals surface area (Å²) in [6.07, 6.45) is -4.52. The van der Waals surface area contributed by atoms with Crippen LogP contribution in [0, 0.1) is 13.8 Å². The molecule has 28 heavy (non-hydrogen) atoms. The molecule has 0 spiro atoms. The van der Waals surface area contributed by atoms with Gasteiger partial charge in [-0.3, -0.25) is 4.79 Å². The molecule has 2 aromatic rings. The third-order valence-electron chi connectivity index (χ3n) is 4.67. The zero-order valence-electron chi connectivity index (χ0n) is 15.9. The normalized spacial score (nSPS) is 14.9. The van der Waals surface area contributed by atoms with Gasteiger partial charge in [0.15, 0.2) is 0 Å². The van der Waals surface area contributed by atoms with Gasteiger partial charge >= 0.3 is 6.18 Å². The molecule has 150 valence electrons. The predicted molar refractivity (Wildman–Crippen MR) is 97.6 cm³/mol. The lowest BCUT2D eigenvalue weighted by Gasteiger charge is -2.35. The number of amides is 1. The van der Waals surface area contributed by atoms with Crippen LogP contribution in [0.2, 0.25) is 0 Å². The number of methoxy groups -OCH3 is 1. The minimum Gasteiger partial charge on any atom is -0.497 e. The Balaban J connectivity index is 1.71. The van der Waals surface area contributed by atoms with Crippen molar-refractivity contribution in [3.63, 3.8) is 0 Å². The number of aryl methyl sites for hydroxylation is 2. The van der Waals surface area contributed by atoms with Gasteiger partial charge < -0.3 is 14.5 Å². The molecule has 1 fully saturated rings. The van der Waals surface area contributed by atoms with Gasteiger partial charge in [0.1, 0.15) is 23.1 Å². The van der Waals surface area contributed by atoms with Gasteiger partial charge in [0.2, 0.25) is 0 Å². The number of nitrogens with zero attached hydrogens (tertiary/aromatic N) is 4. The summed E-state index contributed by atoms with van der Waals surface area (Å²) >= 11 is 0. The molecule has 0 unspecified atom stereocenters. The molecular weight excluding hydrogens is 373 g/mol. The maximum Gasteiger partial charge on any atom is 0.433 e. The van der Waals surface area contributed by atoms with Crippen LogP contribution in [-0.4, -0.2) is 54.1 Å². The Labute approximate surface area is 160 Å². The smallest absolute Gasteiger partial charge is 0.433 e. The highest BCUT2D eigenvalue weighted by Gasteiger charge is 2.34. The summed E-state index contributed by atoms with van der Waals surface area (Å²) in [5.74, 6) is 0.873. The molecule has 6 nitrogen and oxygen atoms in total. The Morgan fingerprint density at radius 2 is 1.75 bits per heavy atom. The number of benzene rings is 1. The SMILES string of the molecule is COc1ccc(C(=O)N2CCN(c3cc(C(F)(F)F)nc(C)n3)CC2)c(C)c1. The third kappa shape index (κ3) is 4.18. The van der Waals surface area contributed by atoms with Crippen LogP contribution >= 0.6 is 0 Å². The van der Waals surface area contributed by atoms with E-state index in [0.717, 1.165) is 11.6 Å². The molecule has 1 aromatic carbocycles. The van der Waals surface area contributed by atoms with E-state index in [-0.39, 0.29) is 17.5 Å². The van der Waals surface area contributed by atoms with Gasteiger partial charge in [-0.2, -0.15) is 13.2 Å². The fraction of sp³-hybridized carbons (Fsp3) is 0.421. The van der Waals surface area contributed by atoms with Crippen molar-refractivity contribution in [3.05, 3.63) is 46.9 Å². The monoisotopic (exact) mass is 394 g/mol. The van der Waals surface area contributed by atoms with Crippen LogP contribution in [0.25, 0.3) is 0 Å². The quantitative estimate of drug-likeness (QED) is 0.801. The Kier molecular flexibility index (Phi) is 5.44. The van der Waals surface area contributed by atoms with Gasteiger partial charge in [0.05, 0.1) is 7.11 Å². The average Bonchev–Trinajstić information content (AvgIpc) is 2.66. The van der Waals surface area contributed by atoms with Crippen LogP contribution in [0.1, 0.15) is 27.4 Å². The average molecular weight is 394 g/mol. The summed E-state index contributed by atoms with van der Waals surface area (Å²) in [4.78, 5) is 23.8. The maximum atomic E-state index is 13.0. The minimum absolute atomic E-state index is 0.0668. The molecule has 1 aliphatic rings. The topological polar surface area (TPSA) is 58.6 Å². The number of carbonyl (C=O) groups is 1. The van der Waals surface area contributed by atoms with Crippen molar-refractivity contribution < 1.29 is 22.7 Å². The Morgan fingerprint density at radius 1 is 1.07 bits per heavy atom. The molecule has 1 saturated heterocycles. The van der Waals surface area contributed by atoms with Crippen LogP contribution in [0.15, 0.2) is 24.3 Å². The van der Waals surface area contributed by atoms with Crippen LogP contribution < -0.4 is 9.64 Å². The second kappa shape index (κ2) is 7.65. The van der Waals surface area contributed by atoms with Crippen molar-refractivity contribution in [2.24, 2.45) is 0 Å². The van der Waals surface area contributed by atoms with Crippen molar-refractivity contribution in [2.45, 2.75) is 20.0 Å². The van der Waals surface area contributed by atoms with E-state index >= 15 is 0 Å². The number of carbonyl (C=O) groups excluding carboxylic acids is 1. The molecule has 2 heterocycles. The van der Waals surface area contributed by atoms with Crippen molar-refractivity contribution in [2.75, 3.05) is 38.2 Å². The van der Waals surface area contributed by atoms with Crippen LogP contribution in [0.5, 0.6) is 5.75 Å². The first-order valence-electron chi connectivity index (χ1n) is 8.81. The number of anilines is 1. The molecule has 1 amide bonds. The number of piperazine rings is 1. The lowest BCUT2D eigenvalue weighted by Crippen LogP contribution is -2.49. The minimum atomic E-state index is -4.52. The molecule has 3 rings (SSSR count). The molecule has 0 radical (unpaired) electrons. The molecule has 0 aliphatic carbocycles. The maximum absolute atomic E-state index is 13.0. The first-order valence-corrected chi connectivity index (χ1v) is 8.81. The number of halogens is 3. The zero-order valence-corrected chi connectivity index (χ0v) is 15.9. The summed E-state index contributed by atoms with van der Waals surface area (Å²) in [6.45, 7) is 4.87. The van der Waals surface area contributed by atoms with E-state index in [0.29, 0.717) is 37.5 Å². The van der Waals surface area contributed by atoms with E-state index in [9.17, 15) is 18.0 Å². The van der Waals surface area contributed by atoms with Crippen molar-refractivity contribution in [1.82, 2.24) is 14.9 Å². The lowest BCUT2D eigenvalue weighted by atomic mass is 10.1. The predicted octanol–water partition coefficient (Wildman–Crippen LogP) is 3.08. The highest BCUT2D eigenvalue weighted by Crippen LogP contribution is 2.30. The zero-order chi connectivity index (χ0) is 20.5. The van der Waals surface area contributed by atoms with E-state index < -0.39 is 11.9 Å². The third-order valence-corrected chi connectivity index (χ3v) is 4.67. The Hall–Kier alpha value is -2.84. The first-order chi connectivity index (χ1) is 13.2. The van der Waals surface area contributed by atoms with E-state index in [1.807, 2.05) is 6.92 Å². The van der Waals surface area contributed by atoms with Gasteiger partial charge in [-0.1, -0.05) is 0 Å². The van der Waals surface area contributed by atoms with Crippen LogP contribution in [0.3, 0.4) is 0 Å². The van der Waals surface area contributed by atoms with Gasteiger partial charge in [-0.15, -0.1) is 0 Å². The number of aromatic nitrogens is 2. The summed E-state index contributed by atoms with van der Waals surface area (Å²) in [5.41, 5.74) is 0.446. The lowest BCUT2D eigenvalue weighted by molar-refractivity contribution is -0.141. The number of hydrogen-bond donors (Lipinski definition) is 0. The van der Waals surface area contributed by atoms with Crippen molar-refractivity contribution in [1.29, 1.82) is 0 Å². The van der Waals surface area contributed by atoms with Gasteiger partial charge in [-0.25, -0.2) is 9.97 Å². The van der Waals surface area contributed by atoms with Gasteiger partial charge in [-0.05, 0) is 37.6 Å². The fourth-order valence-corrected chi connectivity index (χ4v) is 3.17. The van der Waals surface area contributed by atoms with E-state index in [2.05, 4.69) is 9.97 Å². The van der Waals surface area contributed by atoms with Crippen molar-refractivity contribution in [3.8, 4) is 5.75 Å². The standard InChI is InChI=1S/C19H21F3N4O2/c1-12-10-14(28-3)4-5-15(12)18(27)26-8-6-25(7-9-26)17-11-16(19(20,21)22)23-13(2)24-17/h4-5,10-11H,6-9H2,1-3H3. The fourth-order valence-electron chi connectivity index (χ4n) is 3.17. The summed E-state index contributed by atoms with van der Waals surface area (Å²) in [5, 5.41) is 0. The molecule has 0 atom stereocenters. The highest BCUT2D eigenvalue weighted by molar-refractivity contribution is 5.96. The molecule has 1 aliphatic heterocycles. The number of alkyl halides is 3. The molecule has 0 saturated carbocycles. The first kappa shape index (κ1) is 19.9. The number of rotatable bonds is 3. The highest BCUT2D eigenvalue weighted by atomic mass is 19.4. The molecular formula is C19H21F3N4O2. The van der Waals surface area contributed by atoms with E-state index in [4.69, 9.17) is 4.74 Å². The van der Waals surface area contributed by atoms with Gasteiger partial charge in [0, 0.05) is 37.8 Å². The molecule has 9 heteroatoms. The van der Waals surface area contributed by atoms with E-state index in [1.165, 1.54) is 6.92 Å². The van der Waals surface area contributed by atoms with Crippen molar-refractivity contribution >= 4 is 11.7 Å². The molecule has 1 aromatic heterocycles. The number of hydrogen-bond acceptors (Lipinski definition) is 5. The van der Waals surface area contributed by atoms with E-state index in [1.54, 1.807) is 35.1 Å². The second-order valence-corrected chi connectivity index (χ2v) is 6.62. The molecule has 0 N–H and O–H groups in total. The summed E-state index contributed by atoms with van der Waals surface area (Å²) in [7, 11) is 1.56. The molecule has 0 bridgehead atoms. The number of ether oxygens (including phenoxy) is 1. The largest absolute Gasteiger partial charge is 0.497 e. The summed E-state index contributed by atoms with van der Waals surface area (Å²) in [6, 6.07) is 6.22. The van der Waals surface area contributed by atoms with Gasteiger partial charge in [0.25, 0.3) is 5.91 Å². The van der Waals surface area contributed by atoms with Crippen LogP contribution in [0.4, 0.5) is 19.0 Å².